The summed E-state index contributed by atoms with van der Waals surface area (Å²) in [5.74, 6) is -0.328. The number of rotatable bonds is 1. The first-order valence-electron chi connectivity index (χ1n) is 4.45. The van der Waals surface area contributed by atoms with Crippen LogP contribution < -0.4 is 10.6 Å². The highest BCUT2D eigenvalue weighted by molar-refractivity contribution is 6.30. The number of halogens is 1. The minimum absolute atomic E-state index is 0.328. The van der Waals surface area contributed by atoms with E-state index in [1.165, 1.54) is 0 Å². The number of imide groups is 1. The standard InChI is InChI=1S/C10H9ClN2O2/c1-5-4-6(11)2-3-7(5)8-9(14)13-10(15)12-8/h2-4,8H,1H3,(H2,12,13,14,15). The lowest BCUT2D eigenvalue weighted by Crippen LogP contribution is -2.22. The molecule has 1 fully saturated rings. The van der Waals surface area contributed by atoms with Gasteiger partial charge in [0.2, 0.25) is 0 Å². The average Bonchev–Trinajstić information content (AvgIpc) is 2.45. The van der Waals surface area contributed by atoms with Gasteiger partial charge in [0.15, 0.2) is 0 Å². The van der Waals surface area contributed by atoms with E-state index < -0.39 is 12.1 Å². The van der Waals surface area contributed by atoms with Crippen LogP contribution in [0.2, 0.25) is 5.02 Å². The number of hydrogen-bond donors (Lipinski definition) is 2. The summed E-state index contributed by atoms with van der Waals surface area (Å²) in [7, 11) is 0. The van der Waals surface area contributed by atoms with Crippen molar-refractivity contribution in [3.8, 4) is 0 Å². The summed E-state index contributed by atoms with van der Waals surface area (Å²) in [6, 6.07) is 4.14. The molecule has 1 aromatic carbocycles. The van der Waals surface area contributed by atoms with Crippen LogP contribution >= 0.6 is 11.6 Å². The van der Waals surface area contributed by atoms with Crippen LogP contribution in [0.15, 0.2) is 18.2 Å². The predicted octanol–water partition coefficient (Wildman–Crippen LogP) is 1.53. The molecule has 0 aromatic heterocycles. The molecule has 78 valence electrons. The van der Waals surface area contributed by atoms with E-state index >= 15 is 0 Å². The van der Waals surface area contributed by atoms with Crippen LogP contribution in [-0.4, -0.2) is 11.9 Å². The summed E-state index contributed by atoms with van der Waals surface area (Å²) in [6.45, 7) is 1.85. The Morgan fingerprint density at radius 3 is 2.60 bits per heavy atom. The minimum Gasteiger partial charge on any atom is -0.322 e. The summed E-state index contributed by atoms with van der Waals surface area (Å²) in [5, 5.41) is 5.33. The van der Waals surface area contributed by atoms with Gasteiger partial charge in [-0.2, -0.15) is 0 Å². The quantitative estimate of drug-likeness (QED) is 0.711. The Morgan fingerprint density at radius 2 is 2.07 bits per heavy atom. The second-order valence-electron chi connectivity index (χ2n) is 3.40. The highest BCUT2D eigenvalue weighted by Crippen LogP contribution is 2.23. The summed E-state index contributed by atoms with van der Waals surface area (Å²) >= 11 is 5.80. The zero-order valence-electron chi connectivity index (χ0n) is 8.00. The summed E-state index contributed by atoms with van der Waals surface area (Å²) in [5.41, 5.74) is 1.65. The molecule has 2 rings (SSSR count). The Balaban J connectivity index is 2.38. The van der Waals surface area contributed by atoms with E-state index in [9.17, 15) is 9.59 Å². The van der Waals surface area contributed by atoms with Crippen molar-refractivity contribution in [3.05, 3.63) is 34.3 Å². The first-order chi connectivity index (χ1) is 7.08. The Morgan fingerprint density at radius 1 is 1.33 bits per heavy atom. The third-order valence-corrected chi connectivity index (χ3v) is 2.55. The number of amides is 3. The molecule has 1 heterocycles. The van der Waals surface area contributed by atoms with Crippen molar-refractivity contribution in [2.75, 3.05) is 0 Å². The largest absolute Gasteiger partial charge is 0.322 e. The Bertz CT molecular complexity index is 445. The molecule has 3 amide bonds. The Kier molecular flexibility index (Phi) is 2.36. The molecular formula is C10H9ClN2O2. The van der Waals surface area contributed by atoms with Gasteiger partial charge in [0.25, 0.3) is 5.91 Å². The van der Waals surface area contributed by atoms with E-state index in [0.29, 0.717) is 5.02 Å². The van der Waals surface area contributed by atoms with Gasteiger partial charge in [0.05, 0.1) is 0 Å². The molecule has 1 aromatic rings. The van der Waals surface area contributed by atoms with E-state index in [0.717, 1.165) is 11.1 Å². The fourth-order valence-electron chi connectivity index (χ4n) is 1.60. The normalized spacial score (nSPS) is 20.0. The molecule has 0 spiro atoms. The number of carbonyl (C=O) groups is 2. The van der Waals surface area contributed by atoms with Crippen molar-refractivity contribution >= 4 is 23.5 Å². The van der Waals surface area contributed by atoms with E-state index in [1.54, 1.807) is 18.2 Å². The summed E-state index contributed by atoms with van der Waals surface area (Å²) in [4.78, 5) is 22.3. The average molecular weight is 225 g/mol. The van der Waals surface area contributed by atoms with Crippen LogP contribution in [0.4, 0.5) is 4.79 Å². The molecule has 0 saturated carbocycles. The number of aryl methyl sites for hydroxylation is 1. The van der Waals surface area contributed by atoms with E-state index in [2.05, 4.69) is 10.6 Å². The fraction of sp³-hybridized carbons (Fsp3) is 0.200. The van der Waals surface area contributed by atoms with Crippen molar-refractivity contribution in [2.45, 2.75) is 13.0 Å². The first-order valence-corrected chi connectivity index (χ1v) is 4.83. The molecular weight excluding hydrogens is 216 g/mol. The zero-order valence-corrected chi connectivity index (χ0v) is 8.76. The van der Waals surface area contributed by atoms with E-state index in [-0.39, 0.29) is 5.91 Å². The van der Waals surface area contributed by atoms with Crippen molar-refractivity contribution in [2.24, 2.45) is 0 Å². The van der Waals surface area contributed by atoms with Gasteiger partial charge >= 0.3 is 6.03 Å². The van der Waals surface area contributed by atoms with E-state index in [1.807, 2.05) is 6.92 Å². The van der Waals surface area contributed by atoms with Crippen LogP contribution in [0.25, 0.3) is 0 Å². The van der Waals surface area contributed by atoms with Gasteiger partial charge in [-0.15, -0.1) is 0 Å². The lowest BCUT2D eigenvalue weighted by atomic mass is 10.0. The van der Waals surface area contributed by atoms with Gasteiger partial charge in [0.1, 0.15) is 6.04 Å². The molecule has 0 aliphatic carbocycles. The van der Waals surface area contributed by atoms with Crippen molar-refractivity contribution in [1.82, 2.24) is 10.6 Å². The monoisotopic (exact) mass is 224 g/mol. The Labute approximate surface area is 91.6 Å². The van der Waals surface area contributed by atoms with Crippen LogP contribution in [0, 0.1) is 6.92 Å². The minimum atomic E-state index is -0.602. The maximum absolute atomic E-state index is 11.4. The molecule has 0 bridgehead atoms. The molecule has 1 atom stereocenters. The molecule has 0 radical (unpaired) electrons. The maximum Gasteiger partial charge on any atom is 0.322 e. The lowest BCUT2D eigenvalue weighted by Gasteiger charge is -2.10. The number of nitrogens with one attached hydrogen (secondary N) is 2. The fourth-order valence-corrected chi connectivity index (χ4v) is 1.83. The van der Waals surface area contributed by atoms with Crippen LogP contribution in [-0.2, 0) is 4.79 Å². The third kappa shape index (κ3) is 1.80. The molecule has 1 aliphatic rings. The first kappa shape index (κ1) is 9.98. The van der Waals surface area contributed by atoms with E-state index in [4.69, 9.17) is 11.6 Å². The molecule has 15 heavy (non-hydrogen) atoms. The maximum atomic E-state index is 11.4. The topological polar surface area (TPSA) is 58.2 Å². The van der Waals surface area contributed by atoms with Gasteiger partial charge in [-0.1, -0.05) is 17.7 Å². The Hall–Kier alpha value is -1.55. The second kappa shape index (κ2) is 3.55. The molecule has 1 unspecified atom stereocenters. The van der Waals surface area contributed by atoms with Crippen molar-refractivity contribution in [1.29, 1.82) is 0 Å². The predicted molar refractivity (Wildman–Crippen MR) is 55.6 cm³/mol. The number of urea groups is 1. The van der Waals surface area contributed by atoms with Crippen LogP contribution in [0.1, 0.15) is 17.2 Å². The second-order valence-corrected chi connectivity index (χ2v) is 3.83. The van der Waals surface area contributed by atoms with Crippen molar-refractivity contribution in [3.63, 3.8) is 0 Å². The number of hydrogen-bond acceptors (Lipinski definition) is 2. The van der Waals surface area contributed by atoms with Crippen LogP contribution in [0.3, 0.4) is 0 Å². The van der Waals surface area contributed by atoms with Crippen molar-refractivity contribution < 1.29 is 9.59 Å². The summed E-state index contributed by atoms with van der Waals surface area (Å²) < 4.78 is 0. The van der Waals surface area contributed by atoms with Gasteiger partial charge in [-0.25, -0.2) is 4.79 Å². The molecule has 4 nitrogen and oxygen atoms in total. The zero-order chi connectivity index (χ0) is 11.0. The van der Waals surface area contributed by atoms with Gasteiger partial charge < -0.3 is 5.32 Å². The number of carbonyl (C=O) groups excluding carboxylic acids is 2. The number of benzene rings is 1. The molecule has 5 heteroatoms. The van der Waals surface area contributed by atoms with Crippen LogP contribution in [0.5, 0.6) is 0 Å². The molecule has 1 saturated heterocycles. The smallest absolute Gasteiger partial charge is 0.322 e. The van der Waals surface area contributed by atoms with Gasteiger partial charge in [-0.05, 0) is 30.2 Å². The SMILES string of the molecule is Cc1cc(Cl)ccc1C1NC(=O)NC1=O. The highest BCUT2D eigenvalue weighted by atomic mass is 35.5. The van der Waals surface area contributed by atoms with Gasteiger partial charge in [0, 0.05) is 5.02 Å². The summed E-state index contributed by atoms with van der Waals surface area (Å²) in [6.07, 6.45) is 0. The van der Waals surface area contributed by atoms with Gasteiger partial charge in [-0.3, -0.25) is 10.1 Å². The highest BCUT2D eigenvalue weighted by Gasteiger charge is 2.31. The lowest BCUT2D eigenvalue weighted by molar-refractivity contribution is -0.120. The molecule has 1 aliphatic heterocycles. The molecule has 2 N–H and O–H groups in total. The third-order valence-electron chi connectivity index (χ3n) is 2.32.